The minimum absolute atomic E-state index is 0.0210. The molecule has 11 heteroatoms. The fourth-order valence-corrected chi connectivity index (χ4v) is 5.80. The van der Waals surface area contributed by atoms with Crippen LogP contribution in [0.15, 0.2) is 52.2 Å². The molecule has 0 saturated heterocycles. The number of anilines is 2. The minimum atomic E-state index is -3.93. The van der Waals surface area contributed by atoms with E-state index in [1.165, 1.54) is 18.5 Å². The second-order valence-electron chi connectivity index (χ2n) is 7.49. The Morgan fingerprint density at radius 1 is 1.06 bits per heavy atom. The van der Waals surface area contributed by atoms with Crippen molar-refractivity contribution in [1.82, 2.24) is 15.0 Å². The number of ketones is 1. The molecule has 0 unspecified atom stereocenters. The van der Waals surface area contributed by atoms with Crippen LogP contribution < -0.4 is 10.6 Å². The van der Waals surface area contributed by atoms with Gasteiger partial charge in [0, 0.05) is 23.9 Å². The molecule has 2 N–H and O–H groups in total. The van der Waals surface area contributed by atoms with Gasteiger partial charge in [0.1, 0.15) is 4.21 Å². The van der Waals surface area contributed by atoms with Crippen LogP contribution in [0, 0.1) is 12.8 Å². The normalized spacial score (nSPS) is 14.3. The van der Waals surface area contributed by atoms with E-state index in [1.54, 1.807) is 12.1 Å². The molecule has 166 valence electrons. The van der Waals surface area contributed by atoms with Crippen LogP contribution in [0.1, 0.15) is 41.6 Å². The molecular weight excluding hydrogens is 450 g/mol. The van der Waals surface area contributed by atoms with Gasteiger partial charge in [-0.1, -0.05) is 35.8 Å². The van der Waals surface area contributed by atoms with Crippen molar-refractivity contribution < 1.29 is 18.0 Å². The van der Waals surface area contributed by atoms with Gasteiger partial charge in [-0.2, -0.15) is 0 Å². The summed E-state index contributed by atoms with van der Waals surface area (Å²) in [6.45, 7) is 1.89. The molecule has 0 atom stereocenters. The number of nitrogens with zero attached hydrogens (tertiary/aromatic N) is 3. The van der Waals surface area contributed by atoms with Gasteiger partial charge in [0.25, 0.3) is 15.0 Å². The third kappa shape index (κ3) is 4.68. The largest absolute Gasteiger partial charge is 0.325 e. The second-order valence-corrected chi connectivity index (χ2v) is 10.6. The summed E-state index contributed by atoms with van der Waals surface area (Å²) >= 11 is 0.789. The van der Waals surface area contributed by atoms with E-state index in [9.17, 15) is 18.0 Å². The quantitative estimate of drug-likeness (QED) is 0.409. The van der Waals surface area contributed by atoms with Gasteiger partial charge in [0.05, 0.1) is 11.9 Å². The van der Waals surface area contributed by atoms with Crippen molar-refractivity contribution in [3.8, 4) is 0 Å². The predicted molar refractivity (Wildman–Crippen MR) is 120 cm³/mol. The molecule has 0 radical (unpaired) electrons. The van der Waals surface area contributed by atoms with Gasteiger partial charge >= 0.3 is 6.03 Å². The monoisotopic (exact) mass is 471 g/mol. The molecule has 1 saturated carbocycles. The number of aromatic nitrogens is 3. The lowest BCUT2D eigenvalue weighted by Crippen LogP contribution is -2.22. The van der Waals surface area contributed by atoms with Crippen molar-refractivity contribution in [2.75, 3.05) is 10.6 Å². The molecule has 2 amide bonds. The molecule has 9 nitrogen and oxygen atoms in total. The first-order valence-electron chi connectivity index (χ1n) is 10.1. The Bertz CT molecular complexity index is 1250. The highest BCUT2D eigenvalue weighted by molar-refractivity contribution is 7.93. The predicted octanol–water partition coefficient (Wildman–Crippen LogP) is 4.09. The summed E-state index contributed by atoms with van der Waals surface area (Å²) in [5.74, 6) is 0.0133. The number of carbonyl (C=O) groups is 2. The van der Waals surface area contributed by atoms with Crippen molar-refractivity contribution in [2.45, 2.75) is 42.0 Å². The Hall–Kier alpha value is -3.18. The van der Waals surface area contributed by atoms with E-state index < -0.39 is 15.9 Å². The average molecular weight is 472 g/mol. The fraction of sp³-hybridized carbons (Fsp3) is 0.286. The van der Waals surface area contributed by atoms with Crippen molar-refractivity contribution in [3.05, 3.63) is 54.0 Å². The molecule has 3 aromatic rings. The van der Waals surface area contributed by atoms with Gasteiger partial charge in [-0.15, -0.1) is 0 Å². The number of hydrogen-bond acceptors (Lipinski definition) is 8. The van der Waals surface area contributed by atoms with Crippen LogP contribution in [0.25, 0.3) is 0 Å². The zero-order chi connectivity index (χ0) is 22.7. The molecule has 0 spiro atoms. The number of aryl methyl sites for hydroxylation is 1. The van der Waals surface area contributed by atoms with Crippen LogP contribution in [0.5, 0.6) is 0 Å². The van der Waals surface area contributed by atoms with E-state index in [0.29, 0.717) is 11.3 Å². The molecule has 2 aromatic heterocycles. The van der Waals surface area contributed by atoms with E-state index >= 15 is 0 Å². The van der Waals surface area contributed by atoms with Crippen molar-refractivity contribution in [1.29, 1.82) is 0 Å². The van der Waals surface area contributed by atoms with E-state index in [2.05, 4.69) is 25.6 Å². The maximum atomic E-state index is 12.9. The lowest BCUT2D eigenvalue weighted by molar-refractivity contribution is 0.0923. The Morgan fingerprint density at radius 3 is 2.50 bits per heavy atom. The Kier molecular flexibility index (Phi) is 6.28. The lowest BCUT2D eigenvalue weighted by atomic mass is 9.94. The van der Waals surface area contributed by atoms with Crippen LogP contribution in [-0.4, -0.2) is 35.2 Å². The smallest absolute Gasteiger partial charge is 0.307 e. The van der Waals surface area contributed by atoms with Crippen LogP contribution in [-0.2, 0) is 9.84 Å². The molecule has 0 aliphatic heterocycles. The van der Waals surface area contributed by atoms with Crippen molar-refractivity contribution >= 4 is 43.8 Å². The minimum Gasteiger partial charge on any atom is -0.307 e. The molecule has 1 aromatic carbocycles. The number of amides is 2. The highest BCUT2D eigenvalue weighted by Gasteiger charge is 2.27. The van der Waals surface area contributed by atoms with E-state index in [1.807, 2.05) is 13.0 Å². The van der Waals surface area contributed by atoms with E-state index in [-0.39, 0.29) is 26.2 Å². The molecule has 4 rings (SSSR count). The lowest BCUT2D eigenvalue weighted by Gasteiger charge is -2.14. The maximum absolute atomic E-state index is 12.9. The number of benzene rings is 1. The summed E-state index contributed by atoms with van der Waals surface area (Å²) in [4.78, 5) is 37.0. The summed E-state index contributed by atoms with van der Waals surface area (Å²) < 4.78 is 25.1. The number of thiazole rings is 1. The van der Waals surface area contributed by atoms with Gasteiger partial charge in [0.2, 0.25) is 0 Å². The number of hydrogen-bond donors (Lipinski definition) is 2. The van der Waals surface area contributed by atoms with Crippen LogP contribution in [0.2, 0.25) is 0 Å². The van der Waals surface area contributed by atoms with Crippen molar-refractivity contribution in [2.24, 2.45) is 5.92 Å². The number of Topliss-reactive ketones (excluding diaryl/α,β-unsaturated/α-hetero) is 1. The standard InChI is InChI=1S/C21H21N5O4S2/c1-13-7-8-16(15(11-13)18(27)14-5-2-3-6-14)25-19(28)26-20-24-12-17(31-20)32(29,30)21-22-9-4-10-23-21/h4,7-12,14H,2-3,5-6H2,1H3,(H2,24,25,26,28). The molecule has 2 heterocycles. The van der Waals surface area contributed by atoms with Gasteiger partial charge in [0.15, 0.2) is 10.9 Å². The SMILES string of the molecule is Cc1ccc(NC(=O)Nc2ncc(S(=O)(=O)c3ncccn3)s2)c(C(=O)C2CCCC2)c1. The Labute approximate surface area is 189 Å². The summed E-state index contributed by atoms with van der Waals surface area (Å²) in [7, 11) is -3.93. The summed E-state index contributed by atoms with van der Waals surface area (Å²) in [5.41, 5.74) is 1.82. The van der Waals surface area contributed by atoms with Crippen LogP contribution >= 0.6 is 11.3 Å². The maximum Gasteiger partial charge on any atom is 0.325 e. The molecule has 0 bridgehead atoms. The summed E-state index contributed by atoms with van der Waals surface area (Å²) in [5, 5.41) is 4.97. The first-order valence-corrected chi connectivity index (χ1v) is 12.4. The Balaban J connectivity index is 1.49. The average Bonchev–Trinajstić information content (AvgIpc) is 3.48. The first kappa shape index (κ1) is 22.0. The molecule has 1 fully saturated rings. The number of rotatable bonds is 6. The second kappa shape index (κ2) is 9.13. The van der Waals surface area contributed by atoms with Crippen LogP contribution in [0.4, 0.5) is 15.6 Å². The zero-order valence-corrected chi connectivity index (χ0v) is 18.9. The van der Waals surface area contributed by atoms with Crippen molar-refractivity contribution in [3.63, 3.8) is 0 Å². The molecule has 32 heavy (non-hydrogen) atoms. The zero-order valence-electron chi connectivity index (χ0n) is 17.2. The van der Waals surface area contributed by atoms with E-state index in [4.69, 9.17) is 0 Å². The Morgan fingerprint density at radius 2 is 1.78 bits per heavy atom. The third-order valence-electron chi connectivity index (χ3n) is 5.17. The number of urea groups is 1. The summed E-state index contributed by atoms with van der Waals surface area (Å²) in [6.07, 6.45) is 7.61. The molecule has 1 aliphatic carbocycles. The number of carbonyl (C=O) groups excluding carboxylic acids is 2. The fourth-order valence-electron chi connectivity index (χ4n) is 3.59. The van der Waals surface area contributed by atoms with E-state index in [0.717, 1.165) is 48.8 Å². The molecule has 1 aliphatic rings. The van der Waals surface area contributed by atoms with Gasteiger partial charge in [-0.05, 0) is 38.0 Å². The van der Waals surface area contributed by atoms with Crippen LogP contribution in [0.3, 0.4) is 0 Å². The van der Waals surface area contributed by atoms with Gasteiger partial charge in [-0.25, -0.2) is 28.2 Å². The summed E-state index contributed by atoms with van der Waals surface area (Å²) in [6, 6.07) is 6.18. The third-order valence-corrected chi connectivity index (χ3v) is 8.11. The highest BCUT2D eigenvalue weighted by atomic mass is 32.2. The van der Waals surface area contributed by atoms with Gasteiger partial charge in [-0.3, -0.25) is 10.1 Å². The molecular formula is C21H21N5O4S2. The highest BCUT2D eigenvalue weighted by Crippen LogP contribution is 2.31. The number of sulfone groups is 1. The first-order chi connectivity index (χ1) is 15.3. The number of nitrogens with one attached hydrogen (secondary N) is 2. The van der Waals surface area contributed by atoms with Gasteiger partial charge < -0.3 is 5.32 Å². The topological polar surface area (TPSA) is 131 Å².